The molecule has 2 N–H and O–H groups in total. The van der Waals surface area contributed by atoms with Gasteiger partial charge < -0.3 is 15.5 Å². The minimum absolute atomic E-state index is 0.445. The second-order valence-corrected chi connectivity index (χ2v) is 6.77. The average Bonchev–Trinajstić information content (AvgIpc) is 2.96. The summed E-state index contributed by atoms with van der Waals surface area (Å²) in [7, 11) is 1.86. The van der Waals surface area contributed by atoms with E-state index < -0.39 is 5.91 Å². The molecule has 1 aliphatic rings. The molecular weight excluding hydrogens is 400 g/mol. The van der Waals surface area contributed by atoms with E-state index >= 15 is 0 Å². The average molecular weight is 417 g/mol. The maximum absolute atomic E-state index is 11.7. The maximum atomic E-state index is 11.7. The van der Waals surface area contributed by atoms with Crippen molar-refractivity contribution in [2.45, 2.75) is 0 Å². The van der Waals surface area contributed by atoms with Gasteiger partial charge in [-0.15, -0.1) is 0 Å². The molecule has 0 bridgehead atoms. The fourth-order valence-electron chi connectivity index (χ4n) is 3.24. The Morgan fingerprint density at radius 2 is 1.81 bits per heavy atom. The van der Waals surface area contributed by atoms with Crippen LogP contribution in [-0.4, -0.2) is 56.8 Å². The van der Waals surface area contributed by atoms with Gasteiger partial charge in [0.05, 0.1) is 10.9 Å². The number of carbonyl (C=O) groups excluding carboxylic acids is 1. The Morgan fingerprint density at radius 1 is 1.12 bits per heavy atom. The minimum Gasteiger partial charge on any atom is -0.365 e. The number of amides is 1. The number of primary amides is 1. The lowest BCUT2D eigenvalue weighted by Crippen LogP contribution is -2.47. The van der Waals surface area contributed by atoms with E-state index in [0.29, 0.717) is 24.5 Å². The third kappa shape index (κ3) is 2.75. The van der Waals surface area contributed by atoms with Crippen LogP contribution in [0.2, 0.25) is 0 Å². The van der Waals surface area contributed by atoms with Gasteiger partial charge in [0, 0.05) is 39.4 Å². The number of aromatic nitrogens is 5. The number of halogens is 1. The molecule has 0 aromatic carbocycles. The highest BCUT2D eigenvalue weighted by Crippen LogP contribution is 2.30. The molecule has 26 heavy (non-hydrogen) atoms. The summed E-state index contributed by atoms with van der Waals surface area (Å²) >= 11 is 3.50. The highest BCUT2D eigenvalue weighted by atomic mass is 79.9. The molecule has 1 saturated heterocycles. The summed E-state index contributed by atoms with van der Waals surface area (Å²) in [6.07, 6.45) is 3.23. The molecule has 3 aromatic heterocycles. The molecule has 4 rings (SSSR count). The smallest absolute Gasteiger partial charge is 0.252 e. The van der Waals surface area contributed by atoms with E-state index in [1.807, 2.05) is 7.05 Å². The van der Waals surface area contributed by atoms with Crippen molar-refractivity contribution in [3.05, 3.63) is 34.8 Å². The molecule has 0 saturated carbocycles. The Balaban J connectivity index is 1.60. The molecule has 0 spiro atoms. The Bertz CT molecular complexity index is 980. The molecule has 0 radical (unpaired) electrons. The van der Waals surface area contributed by atoms with Gasteiger partial charge in [-0.3, -0.25) is 4.79 Å². The summed E-state index contributed by atoms with van der Waals surface area (Å²) in [6.45, 7) is 2.89. The number of nitrogens with zero attached hydrogens (tertiary/aromatic N) is 7. The second kappa shape index (κ2) is 6.52. The number of piperazine rings is 1. The zero-order valence-electron chi connectivity index (χ0n) is 14.1. The molecule has 1 aliphatic heterocycles. The summed E-state index contributed by atoms with van der Waals surface area (Å²) in [5, 5.41) is 5.27. The van der Waals surface area contributed by atoms with Gasteiger partial charge in [-0.05, 0) is 28.1 Å². The van der Waals surface area contributed by atoms with Crippen molar-refractivity contribution in [3.63, 3.8) is 0 Å². The highest BCUT2D eigenvalue weighted by Gasteiger charge is 2.25. The third-order valence-electron chi connectivity index (χ3n) is 4.49. The summed E-state index contributed by atoms with van der Waals surface area (Å²) in [6, 6.07) is 3.43. The molecule has 0 aliphatic carbocycles. The van der Waals surface area contributed by atoms with Crippen LogP contribution >= 0.6 is 15.9 Å². The predicted molar refractivity (Wildman–Crippen MR) is 101 cm³/mol. The van der Waals surface area contributed by atoms with Gasteiger partial charge in [0.2, 0.25) is 0 Å². The van der Waals surface area contributed by atoms with E-state index in [1.165, 1.54) is 0 Å². The Morgan fingerprint density at radius 3 is 2.50 bits per heavy atom. The zero-order valence-corrected chi connectivity index (χ0v) is 15.7. The summed E-state index contributed by atoms with van der Waals surface area (Å²) in [5.41, 5.74) is 6.70. The van der Waals surface area contributed by atoms with Crippen LogP contribution in [0.25, 0.3) is 11.0 Å². The molecule has 1 fully saturated rings. The van der Waals surface area contributed by atoms with Crippen molar-refractivity contribution >= 4 is 44.5 Å². The van der Waals surface area contributed by atoms with Crippen molar-refractivity contribution in [3.8, 4) is 0 Å². The number of pyridine rings is 1. The number of rotatable bonds is 3. The molecule has 3 aromatic rings. The fourth-order valence-corrected chi connectivity index (χ4v) is 3.83. The van der Waals surface area contributed by atoms with E-state index in [4.69, 9.17) is 5.73 Å². The fraction of sp³-hybridized carbons (Fsp3) is 0.312. The molecular formula is C16H17BrN8O. The van der Waals surface area contributed by atoms with E-state index in [0.717, 1.165) is 34.5 Å². The topological polar surface area (TPSA) is 106 Å². The first-order valence-corrected chi connectivity index (χ1v) is 8.93. The van der Waals surface area contributed by atoms with E-state index in [-0.39, 0.29) is 0 Å². The van der Waals surface area contributed by atoms with Gasteiger partial charge in [0.15, 0.2) is 5.65 Å². The number of fused-ring (bicyclic) bond motifs is 1. The van der Waals surface area contributed by atoms with Crippen LogP contribution < -0.4 is 15.5 Å². The van der Waals surface area contributed by atoms with Crippen molar-refractivity contribution < 1.29 is 4.79 Å². The zero-order chi connectivity index (χ0) is 18.3. The second-order valence-electron chi connectivity index (χ2n) is 6.02. The maximum Gasteiger partial charge on any atom is 0.252 e. The van der Waals surface area contributed by atoms with Gasteiger partial charge in [-0.1, -0.05) is 0 Å². The minimum atomic E-state index is -0.465. The van der Waals surface area contributed by atoms with E-state index in [1.54, 1.807) is 29.3 Å². The molecule has 10 heteroatoms. The first kappa shape index (κ1) is 16.7. The van der Waals surface area contributed by atoms with Crippen molar-refractivity contribution in [1.82, 2.24) is 24.7 Å². The third-order valence-corrected chi connectivity index (χ3v) is 5.04. The van der Waals surface area contributed by atoms with E-state index in [9.17, 15) is 4.79 Å². The van der Waals surface area contributed by atoms with Crippen LogP contribution in [0.4, 0.5) is 11.6 Å². The summed E-state index contributed by atoms with van der Waals surface area (Å²) in [4.78, 5) is 29.1. The number of aryl methyl sites for hydroxylation is 1. The molecule has 1 amide bonds. The highest BCUT2D eigenvalue weighted by molar-refractivity contribution is 9.10. The van der Waals surface area contributed by atoms with Gasteiger partial charge >= 0.3 is 0 Å². The van der Waals surface area contributed by atoms with Crippen molar-refractivity contribution in [2.24, 2.45) is 12.8 Å². The van der Waals surface area contributed by atoms with Crippen molar-refractivity contribution in [1.29, 1.82) is 0 Å². The van der Waals surface area contributed by atoms with E-state index in [2.05, 4.69) is 45.8 Å². The number of nitrogens with two attached hydrogens (primary N) is 1. The van der Waals surface area contributed by atoms with Crippen molar-refractivity contribution in [2.75, 3.05) is 36.0 Å². The Labute approximate surface area is 158 Å². The van der Waals surface area contributed by atoms with Crippen LogP contribution in [0.1, 0.15) is 10.4 Å². The summed E-state index contributed by atoms with van der Waals surface area (Å²) in [5.74, 6) is 1.02. The van der Waals surface area contributed by atoms with Gasteiger partial charge in [0.25, 0.3) is 5.91 Å². The number of hydrogen-bond acceptors (Lipinski definition) is 7. The largest absolute Gasteiger partial charge is 0.365 e. The first-order chi connectivity index (χ1) is 12.6. The van der Waals surface area contributed by atoms with Crippen LogP contribution in [0.15, 0.2) is 29.3 Å². The first-order valence-electron chi connectivity index (χ1n) is 8.14. The molecule has 134 valence electrons. The Hall–Kier alpha value is -2.75. The number of carbonyl (C=O) groups is 1. The van der Waals surface area contributed by atoms with Gasteiger partial charge in [-0.25, -0.2) is 19.6 Å². The number of hydrogen-bond donors (Lipinski definition) is 1. The molecule has 0 atom stereocenters. The van der Waals surface area contributed by atoms with Crippen LogP contribution in [0.3, 0.4) is 0 Å². The SMILES string of the molecule is Cn1nc(Br)c2c(N3CCN(c4ncccc4C(N)=O)CC3)ncnc21. The van der Waals surface area contributed by atoms with Gasteiger partial charge in [0.1, 0.15) is 22.6 Å². The van der Waals surface area contributed by atoms with Crippen LogP contribution in [-0.2, 0) is 7.05 Å². The standard InChI is InChI=1S/C16H17BrN8O/c1-23-15-11(12(17)22-23)16(21-9-20-15)25-7-5-24(6-8-25)14-10(13(18)26)3-2-4-19-14/h2-4,9H,5-8H2,1H3,(H2,18,26). The molecule has 0 unspecified atom stereocenters. The lowest BCUT2D eigenvalue weighted by molar-refractivity contribution is 0.100. The predicted octanol–water partition coefficient (Wildman–Crippen LogP) is 0.946. The van der Waals surface area contributed by atoms with Gasteiger partial charge in [-0.2, -0.15) is 5.10 Å². The lowest BCUT2D eigenvalue weighted by Gasteiger charge is -2.36. The quantitative estimate of drug-likeness (QED) is 0.676. The normalized spacial score (nSPS) is 14.8. The lowest BCUT2D eigenvalue weighted by atomic mass is 10.2. The number of anilines is 2. The Kier molecular flexibility index (Phi) is 4.19. The monoisotopic (exact) mass is 416 g/mol. The van der Waals surface area contributed by atoms with Crippen LogP contribution in [0, 0.1) is 0 Å². The summed E-state index contributed by atoms with van der Waals surface area (Å²) < 4.78 is 2.46. The molecule has 4 heterocycles. The molecule has 9 nitrogen and oxygen atoms in total. The van der Waals surface area contributed by atoms with Crippen LogP contribution in [0.5, 0.6) is 0 Å².